The van der Waals surface area contributed by atoms with E-state index in [9.17, 15) is 13.2 Å². The van der Waals surface area contributed by atoms with Crippen molar-refractivity contribution < 1.29 is 17.9 Å². The summed E-state index contributed by atoms with van der Waals surface area (Å²) in [6, 6.07) is 5.70. The van der Waals surface area contributed by atoms with Crippen LogP contribution in [0.1, 0.15) is 13.3 Å². The number of allylic oxidation sites excluding steroid dienone is 1. The van der Waals surface area contributed by atoms with Crippen molar-refractivity contribution in [3.63, 3.8) is 0 Å². The first-order valence-electron chi connectivity index (χ1n) is 10.3. The van der Waals surface area contributed by atoms with Gasteiger partial charge >= 0.3 is 6.18 Å². The maximum Gasteiger partial charge on any atom is 0.411 e. The molecule has 3 aliphatic rings. The second kappa shape index (κ2) is 9.15. The molecule has 1 aromatic heterocycles. The Bertz CT molecular complexity index is 861. The van der Waals surface area contributed by atoms with Crippen LogP contribution < -0.4 is 15.6 Å². The average molecular weight is 437 g/mol. The number of guanidine groups is 1. The van der Waals surface area contributed by atoms with Crippen LogP contribution >= 0.6 is 0 Å². The van der Waals surface area contributed by atoms with Gasteiger partial charge in [0, 0.05) is 25.8 Å². The number of alkyl halides is 3. The van der Waals surface area contributed by atoms with Crippen molar-refractivity contribution in [1.29, 1.82) is 0 Å². The molecule has 0 unspecified atom stereocenters. The first-order chi connectivity index (χ1) is 14.9. The lowest BCUT2D eigenvalue weighted by Gasteiger charge is -2.36. The molecule has 168 valence electrons. The third-order valence-electron chi connectivity index (χ3n) is 5.14. The number of aliphatic imine (C=N–C) groups is 1. The maximum atomic E-state index is 12.4. The number of rotatable bonds is 5. The second-order valence-corrected chi connectivity index (χ2v) is 7.46. The molecule has 4 rings (SSSR count). The van der Waals surface area contributed by atoms with Crippen LogP contribution in [-0.2, 0) is 4.74 Å². The molecule has 1 fully saturated rings. The third-order valence-corrected chi connectivity index (χ3v) is 5.14. The molecule has 0 aromatic carbocycles. The molecule has 1 aromatic rings. The molecule has 11 heteroatoms. The summed E-state index contributed by atoms with van der Waals surface area (Å²) in [6.45, 7) is 4.37. The number of pyridine rings is 1. The molecule has 0 spiro atoms. The van der Waals surface area contributed by atoms with Crippen LogP contribution in [0.3, 0.4) is 0 Å². The fourth-order valence-electron chi connectivity index (χ4n) is 3.82. The highest BCUT2D eigenvalue weighted by Gasteiger charge is 2.37. The number of hydrazine groups is 1. The van der Waals surface area contributed by atoms with Crippen LogP contribution in [0, 0.1) is 0 Å². The number of hydrogen-bond donors (Lipinski definition) is 2. The number of nitrogens with zero attached hydrogens (tertiary/aromatic N) is 5. The highest BCUT2D eigenvalue weighted by Crippen LogP contribution is 2.34. The average Bonchev–Trinajstić information content (AvgIpc) is 2.92. The van der Waals surface area contributed by atoms with Crippen molar-refractivity contribution in [2.45, 2.75) is 19.5 Å². The Kier molecular flexibility index (Phi) is 6.33. The van der Waals surface area contributed by atoms with Gasteiger partial charge in [0.05, 0.1) is 30.7 Å². The SMILES string of the molecule is CC1=C2C(=CN=C(N3CCCNCC3)N2c2ccccn2)N(CCOCC(F)(F)F)N1. The number of nitrogens with one attached hydrogen (secondary N) is 2. The van der Waals surface area contributed by atoms with Gasteiger partial charge in [-0.05, 0) is 32.0 Å². The highest BCUT2D eigenvalue weighted by molar-refractivity contribution is 6.01. The van der Waals surface area contributed by atoms with Gasteiger partial charge in [0.2, 0.25) is 5.96 Å². The van der Waals surface area contributed by atoms with Crippen LogP contribution in [0.15, 0.2) is 52.7 Å². The van der Waals surface area contributed by atoms with Gasteiger partial charge in [-0.3, -0.25) is 9.91 Å². The summed E-state index contributed by atoms with van der Waals surface area (Å²) in [4.78, 5) is 13.5. The monoisotopic (exact) mass is 437 g/mol. The number of hydrogen-bond acceptors (Lipinski definition) is 8. The van der Waals surface area contributed by atoms with E-state index in [0.717, 1.165) is 61.5 Å². The minimum absolute atomic E-state index is 0.0671. The van der Waals surface area contributed by atoms with Crippen molar-refractivity contribution in [2.24, 2.45) is 4.99 Å². The third kappa shape index (κ3) is 4.93. The van der Waals surface area contributed by atoms with Crippen molar-refractivity contribution in [2.75, 3.05) is 50.8 Å². The van der Waals surface area contributed by atoms with Gasteiger partial charge < -0.3 is 20.4 Å². The molecule has 2 N–H and O–H groups in total. The first-order valence-corrected chi connectivity index (χ1v) is 10.3. The summed E-state index contributed by atoms with van der Waals surface area (Å²) >= 11 is 0. The molecular weight excluding hydrogens is 411 g/mol. The van der Waals surface area contributed by atoms with Crippen LogP contribution in [0.5, 0.6) is 0 Å². The van der Waals surface area contributed by atoms with Crippen molar-refractivity contribution in [1.82, 2.24) is 25.6 Å². The second-order valence-electron chi connectivity index (χ2n) is 7.46. The highest BCUT2D eigenvalue weighted by atomic mass is 19.4. The van der Waals surface area contributed by atoms with Crippen LogP contribution in [-0.4, -0.2) is 73.0 Å². The Morgan fingerprint density at radius 2 is 2.06 bits per heavy atom. The van der Waals surface area contributed by atoms with E-state index in [0.29, 0.717) is 0 Å². The summed E-state index contributed by atoms with van der Waals surface area (Å²) in [5, 5.41) is 5.16. The number of halogens is 3. The van der Waals surface area contributed by atoms with E-state index in [1.165, 1.54) is 0 Å². The number of aromatic nitrogens is 1. The maximum absolute atomic E-state index is 12.4. The molecule has 3 aliphatic heterocycles. The molecule has 0 atom stereocenters. The molecule has 0 bridgehead atoms. The van der Waals surface area contributed by atoms with Gasteiger partial charge in [-0.1, -0.05) is 6.07 Å². The first kappa shape index (κ1) is 21.4. The summed E-state index contributed by atoms with van der Waals surface area (Å²) < 4.78 is 41.9. The summed E-state index contributed by atoms with van der Waals surface area (Å²) in [7, 11) is 0. The van der Waals surface area contributed by atoms with Gasteiger partial charge in [0.1, 0.15) is 18.1 Å². The van der Waals surface area contributed by atoms with E-state index in [1.54, 1.807) is 17.4 Å². The number of anilines is 1. The van der Waals surface area contributed by atoms with Gasteiger partial charge in [-0.2, -0.15) is 13.2 Å². The fraction of sp³-hybridized carbons (Fsp3) is 0.500. The van der Waals surface area contributed by atoms with E-state index in [-0.39, 0.29) is 13.2 Å². The number of fused-ring (bicyclic) bond motifs is 1. The van der Waals surface area contributed by atoms with E-state index in [2.05, 4.69) is 20.6 Å². The predicted molar refractivity (Wildman–Crippen MR) is 111 cm³/mol. The topological polar surface area (TPSA) is 68.3 Å². The lowest BCUT2D eigenvalue weighted by molar-refractivity contribution is -0.174. The zero-order chi connectivity index (χ0) is 21.8. The Balaban J connectivity index is 1.59. The number of ether oxygens (including phenoxy) is 1. The normalized spacial score (nSPS) is 19.7. The predicted octanol–water partition coefficient (Wildman–Crippen LogP) is 2.02. The molecule has 0 saturated carbocycles. The van der Waals surface area contributed by atoms with E-state index < -0.39 is 12.8 Å². The molecule has 1 saturated heterocycles. The molecule has 31 heavy (non-hydrogen) atoms. The molecule has 4 heterocycles. The Morgan fingerprint density at radius 1 is 1.19 bits per heavy atom. The van der Waals surface area contributed by atoms with Crippen molar-refractivity contribution >= 4 is 11.8 Å². The van der Waals surface area contributed by atoms with Gasteiger partial charge in [0.15, 0.2) is 0 Å². The Morgan fingerprint density at radius 3 is 2.84 bits per heavy atom. The van der Waals surface area contributed by atoms with Gasteiger partial charge in [-0.15, -0.1) is 0 Å². The fourth-order valence-corrected chi connectivity index (χ4v) is 3.82. The van der Waals surface area contributed by atoms with E-state index >= 15 is 0 Å². The zero-order valence-electron chi connectivity index (χ0n) is 17.3. The molecule has 0 radical (unpaired) electrons. The lowest BCUT2D eigenvalue weighted by atomic mass is 10.2. The molecule has 0 amide bonds. The van der Waals surface area contributed by atoms with Crippen LogP contribution in [0.2, 0.25) is 0 Å². The van der Waals surface area contributed by atoms with Crippen LogP contribution in [0.25, 0.3) is 0 Å². The van der Waals surface area contributed by atoms with E-state index in [1.807, 2.05) is 30.0 Å². The Labute approximate surface area is 179 Å². The standard InChI is InChI=1S/C20H26F3N7O/c1-15-18-16(29(27-15)11-12-31-14-20(21,22)23)13-26-19(28-9-4-6-24-8-10-28)30(18)17-5-2-3-7-25-17/h2-3,5,7,13,24,27H,4,6,8-12,14H2,1H3. The van der Waals surface area contributed by atoms with Gasteiger partial charge in [-0.25, -0.2) is 9.98 Å². The Hall–Kier alpha value is -2.79. The summed E-state index contributed by atoms with van der Waals surface area (Å²) in [5.41, 5.74) is 5.77. The smallest absolute Gasteiger partial charge is 0.370 e. The quantitative estimate of drug-likeness (QED) is 0.684. The summed E-state index contributed by atoms with van der Waals surface area (Å²) in [5.74, 6) is 1.52. The molecule has 0 aliphatic carbocycles. The largest absolute Gasteiger partial charge is 0.411 e. The molecular formula is C20H26F3N7O. The van der Waals surface area contributed by atoms with Crippen LogP contribution in [0.4, 0.5) is 19.0 Å². The van der Waals surface area contributed by atoms with Crippen molar-refractivity contribution in [3.05, 3.63) is 47.7 Å². The molecule has 8 nitrogen and oxygen atoms in total. The summed E-state index contributed by atoms with van der Waals surface area (Å²) in [6.07, 6.45) is 0.162. The van der Waals surface area contributed by atoms with Crippen molar-refractivity contribution in [3.8, 4) is 0 Å². The minimum Gasteiger partial charge on any atom is -0.370 e. The lowest BCUT2D eigenvalue weighted by Crippen LogP contribution is -2.47. The zero-order valence-corrected chi connectivity index (χ0v) is 17.3. The minimum atomic E-state index is -4.33. The van der Waals surface area contributed by atoms with Gasteiger partial charge in [0.25, 0.3) is 0 Å². The van der Waals surface area contributed by atoms with E-state index in [4.69, 9.17) is 9.73 Å².